The highest BCUT2D eigenvalue weighted by atomic mass is 35.5. The van der Waals surface area contributed by atoms with E-state index in [0.717, 1.165) is 12.8 Å². The van der Waals surface area contributed by atoms with Crippen LogP contribution in [0.5, 0.6) is 0 Å². The quantitative estimate of drug-likeness (QED) is 0.463. The predicted molar refractivity (Wildman–Crippen MR) is 38.4 cm³/mol. The molecule has 0 atom stereocenters. The van der Waals surface area contributed by atoms with Crippen LogP contribution < -0.4 is 0 Å². The van der Waals surface area contributed by atoms with Crippen molar-refractivity contribution in [3.8, 4) is 0 Å². The van der Waals surface area contributed by atoms with Gasteiger partial charge >= 0.3 is 0 Å². The molecular weight excluding hydrogens is 159 g/mol. The number of hydrogen-bond acceptors (Lipinski definition) is 1. The lowest BCUT2D eigenvalue weighted by Gasteiger charge is -2.16. The highest BCUT2D eigenvalue weighted by Crippen LogP contribution is 2.47. The first-order valence-electron chi connectivity index (χ1n) is 2.83. The molecule has 0 aromatic rings. The zero-order valence-corrected chi connectivity index (χ0v) is 6.45. The largest absolute Gasteiger partial charge is 0.466 e. The van der Waals surface area contributed by atoms with Crippen molar-refractivity contribution in [1.82, 2.24) is 0 Å². The van der Waals surface area contributed by atoms with Crippen molar-refractivity contribution in [3.63, 3.8) is 0 Å². The molecule has 0 heterocycles. The highest BCUT2D eigenvalue weighted by Gasteiger charge is 2.43. The van der Waals surface area contributed by atoms with Crippen LogP contribution in [0.2, 0.25) is 0 Å². The fraction of sp³-hybridized carbons (Fsp3) is 0.667. The molecule has 0 aromatic heterocycles. The van der Waals surface area contributed by atoms with Gasteiger partial charge in [-0.05, 0) is 12.8 Å². The van der Waals surface area contributed by atoms with Crippen molar-refractivity contribution in [1.29, 1.82) is 0 Å². The number of rotatable bonds is 3. The second kappa shape index (κ2) is 2.39. The van der Waals surface area contributed by atoms with Gasteiger partial charge in [0.15, 0.2) is 0 Å². The van der Waals surface area contributed by atoms with Crippen LogP contribution in [-0.2, 0) is 4.74 Å². The SMILES string of the molecule is C=COC(Cl)(Cl)C1CC1. The maximum absolute atomic E-state index is 5.71. The fourth-order valence-corrected chi connectivity index (χ4v) is 1.19. The van der Waals surface area contributed by atoms with Gasteiger partial charge in [0.1, 0.15) is 0 Å². The topological polar surface area (TPSA) is 9.23 Å². The summed E-state index contributed by atoms with van der Waals surface area (Å²) in [6.45, 7) is 3.36. The van der Waals surface area contributed by atoms with Crippen molar-refractivity contribution >= 4 is 23.2 Å². The van der Waals surface area contributed by atoms with Gasteiger partial charge in [-0.2, -0.15) is 0 Å². The molecule has 52 valence electrons. The lowest BCUT2D eigenvalue weighted by molar-refractivity contribution is 0.159. The molecule has 9 heavy (non-hydrogen) atoms. The first-order valence-corrected chi connectivity index (χ1v) is 3.59. The van der Waals surface area contributed by atoms with E-state index in [1.54, 1.807) is 0 Å². The minimum absolute atomic E-state index is 0.304. The van der Waals surface area contributed by atoms with E-state index in [9.17, 15) is 0 Å². The van der Waals surface area contributed by atoms with Crippen LogP contribution in [0.25, 0.3) is 0 Å². The van der Waals surface area contributed by atoms with Gasteiger partial charge in [0, 0.05) is 5.92 Å². The third-order valence-corrected chi connectivity index (χ3v) is 2.09. The molecule has 1 saturated carbocycles. The monoisotopic (exact) mass is 166 g/mol. The molecule has 1 fully saturated rings. The van der Waals surface area contributed by atoms with Crippen molar-refractivity contribution in [3.05, 3.63) is 12.8 Å². The van der Waals surface area contributed by atoms with E-state index in [-0.39, 0.29) is 0 Å². The smallest absolute Gasteiger partial charge is 0.260 e. The summed E-state index contributed by atoms with van der Waals surface area (Å²) in [5, 5.41) is 0. The molecule has 3 heteroatoms. The molecule has 0 radical (unpaired) electrons. The van der Waals surface area contributed by atoms with E-state index in [1.165, 1.54) is 6.26 Å². The Morgan fingerprint density at radius 2 is 2.11 bits per heavy atom. The second-order valence-corrected chi connectivity index (χ2v) is 3.44. The minimum Gasteiger partial charge on any atom is -0.466 e. The number of hydrogen-bond donors (Lipinski definition) is 0. The van der Waals surface area contributed by atoms with E-state index in [0.29, 0.717) is 5.92 Å². The summed E-state index contributed by atoms with van der Waals surface area (Å²) in [7, 11) is 0. The first-order chi connectivity index (χ1) is 4.17. The summed E-state index contributed by atoms with van der Waals surface area (Å²) >= 11 is 11.4. The van der Waals surface area contributed by atoms with Crippen LogP contribution in [0.4, 0.5) is 0 Å². The fourth-order valence-electron chi connectivity index (χ4n) is 0.627. The molecule has 0 unspecified atom stereocenters. The highest BCUT2D eigenvalue weighted by molar-refractivity contribution is 6.47. The van der Waals surface area contributed by atoms with E-state index in [2.05, 4.69) is 6.58 Å². The standard InChI is InChI=1S/C6H8Cl2O/c1-2-9-6(7,8)5-3-4-5/h2,5H,1,3-4H2. The Kier molecular flexibility index (Phi) is 1.92. The zero-order chi connectivity index (χ0) is 6.91. The molecule has 0 aromatic carbocycles. The Labute approximate surface area is 64.6 Å². The summed E-state index contributed by atoms with van der Waals surface area (Å²) in [6, 6.07) is 0. The Bertz CT molecular complexity index is 118. The van der Waals surface area contributed by atoms with Gasteiger partial charge < -0.3 is 4.74 Å². The first kappa shape index (κ1) is 7.23. The Morgan fingerprint density at radius 1 is 1.56 bits per heavy atom. The summed E-state index contributed by atoms with van der Waals surface area (Å²) in [5.41, 5.74) is 0. The molecule has 0 bridgehead atoms. The molecule has 1 rings (SSSR count). The van der Waals surface area contributed by atoms with Gasteiger partial charge in [0.05, 0.1) is 6.26 Å². The number of alkyl halides is 2. The van der Waals surface area contributed by atoms with Crippen LogP contribution in [0.1, 0.15) is 12.8 Å². The minimum atomic E-state index is -1.01. The van der Waals surface area contributed by atoms with Gasteiger partial charge in [0.25, 0.3) is 4.52 Å². The Morgan fingerprint density at radius 3 is 2.44 bits per heavy atom. The van der Waals surface area contributed by atoms with Gasteiger partial charge in [-0.1, -0.05) is 29.8 Å². The molecule has 1 aliphatic carbocycles. The van der Waals surface area contributed by atoms with Crippen molar-refractivity contribution < 1.29 is 4.74 Å². The van der Waals surface area contributed by atoms with Gasteiger partial charge in [-0.15, -0.1) is 0 Å². The van der Waals surface area contributed by atoms with E-state index in [1.807, 2.05) is 0 Å². The summed E-state index contributed by atoms with van der Waals surface area (Å²) < 4.78 is 3.84. The molecule has 1 nitrogen and oxygen atoms in total. The van der Waals surface area contributed by atoms with Crippen LogP contribution >= 0.6 is 23.2 Å². The molecular formula is C6H8Cl2O. The van der Waals surface area contributed by atoms with Gasteiger partial charge in [-0.25, -0.2) is 0 Å². The summed E-state index contributed by atoms with van der Waals surface area (Å²) in [6.07, 6.45) is 3.39. The van der Waals surface area contributed by atoms with Crippen LogP contribution in [0.3, 0.4) is 0 Å². The number of halogens is 2. The lowest BCUT2D eigenvalue weighted by Crippen LogP contribution is -2.16. The molecule has 0 aliphatic heterocycles. The van der Waals surface area contributed by atoms with Gasteiger partial charge in [0.2, 0.25) is 0 Å². The maximum atomic E-state index is 5.71. The Balaban J connectivity index is 2.38. The average molecular weight is 167 g/mol. The van der Waals surface area contributed by atoms with Crippen LogP contribution in [0.15, 0.2) is 12.8 Å². The second-order valence-electron chi connectivity index (χ2n) is 2.12. The van der Waals surface area contributed by atoms with Crippen molar-refractivity contribution in [2.45, 2.75) is 17.4 Å². The summed E-state index contributed by atoms with van der Waals surface area (Å²) in [4.78, 5) is 0. The lowest BCUT2D eigenvalue weighted by atomic mass is 10.4. The number of ether oxygens (including phenoxy) is 1. The van der Waals surface area contributed by atoms with Crippen molar-refractivity contribution in [2.24, 2.45) is 5.92 Å². The normalized spacial score (nSPS) is 19.3. The maximum Gasteiger partial charge on any atom is 0.260 e. The van der Waals surface area contributed by atoms with Gasteiger partial charge in [-0.3, -0.25) is 0 Å². The van der Waals surface area contributed by atoms with Crippen LogP contribution in [-0.4, -0.2) is 4.52 Å². The molecule has 0 N–H and O–H groups in total. The third kappa shape index (κ3) is 1.77. The van der Waals surface area contributed by atoms with Crippen molar-refractivity contribution in [2.75, 3.05) is 0 Å². The van der Waals surface area contributed by atoms with E-state index < -0.39 is 4.52 Å². The average Bonchev–Trinajstić information content (AvgIpc) is 2.41. The predicted octanol–water partition coefficient (Wildman–Crippen LogP) is 2.69. The Hall–Kier alpha value is 0.120. The third-order valence-electron chi connectivity index (χ3n) is 1.29. The molecule has 0 amide bonds. The van der Waals surface area contributed by atoms with Crippen LogP contribution in [0, 0.1) is 5.92 Å². The summed E-state index contributed by atoms with van der Waals surface area (Å²) in [5.74, 6) is 0.304. The molecule has 0 saturated heterocycles. The van der Waals surface area contributed by atoms with E-state index in [4.69, 9.17) is 27.9 Å². The van der Waals surface area contributed by atoms with E-state index >= 15 is 0 Å². The molecule has 0 spiro atoms. The zero-order valence-electron chi connectivity index (χ0n) is 4.94. The molecule has 1 aliphatic rings.